The van der Waals surface area contributed by atoms with Gasteiger partial charge in [0, 0.05) is 18.4 Å². The Bertz CT molecular complexity index is 973. The first kappa shape index (κ1) is 18.7. The van der Waals surface area contributed by atoms with Crippen molar-refractivity contribution in [1.29, 1.82) is 0 Å². The highest BCUT2D eigenvalue weighted by Crippen LogP contribution is 2.35. The summed E-state index contributed by atoms with van der Waals surface area (Å²) >= 11 is 0. The van der Waals surface area contributed by atoms with E-state index in [1.807, 2.05) is 13.8 Å². The van der Waals surface area contributed by atoms with Crippen molar-refractivity contribution < 1.29 is 23.5 Å². The molecular formula is C20H21NO6. The van der Waals surface area contributed by atoms with Crippen LogP contribution in [0.5, 0.6) is 11.5 Å². The largest absolute Gasteiger partial charge is 0.493 e. The lowest BCUT2D eigenvalue weighted by atomic mass is 9.76. The molecule has 1 heterocycles. The predicted molar refractivity (Wildman–Crippen MR) is 98.9 cm³/mol. The average Bonchev–Trinajstić information content (AvgIpc) is 2.61. The Labute approximate surface area is 156 Å². The van der Waals surface area contributed by atoms with Crippen LogP contribution in [0.15, 0.2) is 33.5 Å². The second-order valence-corrected chi connectivity index (χ2v) is 7.25. The second-order valence-electron chi connectivity index (χ2n) is 7.25. The standard InChI is InChI=1S/C20H21NO6/c1-20(2)9-14(22)12-8-13(19(24)27-17(12)10-20)21-18(23)11-5-6-15(25-3)16(7-11)26-4/h5-8H,9-10H2,1-4H3,(H,21,23). The summed E-state index contributed by atoms with van der Waals surface area (Å²) in [7, 11) is 2.96. The molecule has 1 aromatic heterocycles. The van der Waals surface area contributed by atoms with Crippen molar-refractivity contribution in [2.75, 3.05) is 19.5 Å². The van der Waals surface area contributed by atoms with Crippen LogP contribution >= 0.6 is 0 Å². The van der Waals surface area contributed by atoms with Crippen LogP contribution in [-0.4, -0.2) is 25.9 Å². The van der Waals surface area contributed by atoms with Crippen molar-refractivity contribution in [3.05, 3.63) is 51.6 Å². The Hall–Kier alpha value is -3.09. The summed E-state index contributed by atoms with van der Waals surface area (Å²) in [5.41, 5.74) is -0.395. The number of anilines is 1. The molecule has 27 heavy (non-hydrogen) atoms. The summed E-state index contributed by atoms with van der Waals surface area (Å²) in [6.45, 7) is 3.89. The van der Waals surface area contributed by atoms with Gasteiger partial charge < -0.3 is 19.2 Å². The van der Waals surface area contributed by atoms with Crippen molar-refractivity contribution in [3.63, 3.8) is 0 Å². The van der Waals surface area contributed by atoms with Gasteiger partial charge in [-0.05, 0) is 29.7 Å². The van der Waals surface area contributed by atoms with Crippen LogP contribution in [0, 0.1) is 5.41 Å². The number of hydrogen-bond donors (Lipinski definition) is 1. The van der Waals surface area contributed by atoms with E-state index in [9.17, 15) is 14.4 Å². The van der Waals surface area contributed by atoms with Gasteiger partial charge in [0.15, 0.2) is 17.3 Å². The Morgan fingerprint density at radius 2 is 1.78 bits per heavy atom. The zero-order valence-corrected chi connectivity index (χ0v) is 15.7. The fraction of sp³-hybridized carbons (Fsp3) is 0.350. The van der Waals surface area contributed by atoms with E-state index in [1.165, 1.54) is 26.4 Å². The Morgan fingerprint density at radius 1 is 1.07 bits per heavy atom. The van der Waals surface area contributed by atoms with Gasteiger partial charge in [-0.15, -0.1) is 0 Å². The number of amides is 1. The van der Waals surface area contributed by atoms with Gasteiger partial charge >= 0.3 is 5.63 Å². The molecule has 0 aliphatic heterocycles. The van der Waals surface area contributed by atoms with Crippen LogP contribution < -0.4 is 20.4 Å². The molecule has 7 nitrogen and oxygen atoms in total. The Balaban J connectivity index is 1.90. The summed E-state index contributed by atoms with van der Waals surface area (Å²) in [6, 6.07) is 6.04. The first-order valence-corrected chi connectivity index (χ1v) is 8.47. The number of nitrogens with one attached hydrogen (secondary N) is 1. The molecule has 1 aliphatic rings. The van der Waals surface area contributed by atoms with Crippen LogP contribution in [0.1, 0.15) is 46.7 Å². The summed E-state index contributed by atoms with van der Waals surface area (Å²) in [5.74, 6) is 0.611. The van der Waals surface area contributed by atoms with Gasteiger partial charge in [-0.25, -0.2) is 4.79 Å². The van der Waals surface area contributed by atoms with Crippen LogP contribution in [0.25, 0.3) is 0 Å². The maximum Gasteiger partial charge on any atom is 0.359 e. The van der Waals surface area contributed by atoms with Crippen molar-refractivity contribution in [3.8, 4) is 11.5 Å². The molecular weight excluding hydrogens is 350 g/mol. The first-order chi connectivity index (χ1) is 12.7. The van der Waals surface area contributed by atoms with Gasteiger partial charge in [-0.1, -0.05) is 13.8 Å². The Morgan fingerprint density at radius 3 is 2.44 bits per heavy atom. The number of carbonyl (C=O) groups is 2. The molecule has 1 aliphatic carbocycles. The number of benzene rings is 1. The summed E-state index contributed by atoms with van der Waals surface area (Å²) in [4.78, 5) is 37.1. The average molecular weight is 371 g/mol. The molecule has 7 heteroatoms. The number of hydrogen-bond acceptors (Lipinski definition) is 6. The summed E-state index contributed by atoms with van der Waals surface area (Å²) in [5, 5.41) is 2.51. The number of rotatable bonds is 4. The molecule has 142 valence electrons. The van der Waals surface area contributed by atoms with E-state index >= 15 is 0 Å². The zero-order chi connectivity index (χ0) is 19.8. The summed E-state index contributed by atoms with van der Waals surface area (Å²) < 4.78 is 15.6. The maximum absolute atomic E-state index is 12.5. The van der Waals surface area contributed by atoms with Crippen LogP contribution in [0.4, 0.5) is 5.69 Å². The highest BCUT2D eigenvalue weighted by molar-refractivity contribution is 6.05. The van der Waals surface area contributed by atoms with Crippen molar-refractivity contribution >= 4 is 17.4 Å². The van der Waals surface area contributed by atoms with Gasteiger partial charge in [0.05, 0.1) is 19.8 Å². The fourth-order valence-corrected chi connectivity index (χ4v) is 3.16. The van der Waals surface area contributed by atoms with Crippen molar-refractivity contribution in [1.82, 2.24) is 0 Å². The minimum atomic E-state index is -0.687. The van der Waals surface area contributed by atoms with Gasteiger partial charge in [-0.3, -0.25) is 9.59 Å². The number of fused-ring (bicyclic) bond motifs is 1. The molecule has 0 saturated heterocycles. The van der Waals surface area contributed by atoms with E-state index in [-0.39, 0.29) is 22.4 Å². The first-order valence-electron chi connectivity index (χ1n) is 8.47. The molecule has 0 spiro atoms. The smallest absolute Gasteiger partial charge is 0.359 e. The molecule has 1 amide bonds. The lowest BCUT2D eigenvalue weighted by Crippen LogP contribution is -2.29. The molecule has 0 bridgehead atoms. The molecule has 0 atom stereocenters. The topological polar surface area (TPSA) is 94.8 Å². The molecule has 1 aromatic carbocycles. The minimum absolute atomic E-state index is 0.0680. The number of ether oxygens (including phenoxy) is 2. The Kier molecular flexibility index (Phi) is 4.78. The predicted octanol–water partition coefficient (Wildman–Crippen LogP) is 3.06. The monoisotopic (exact) mass is 371 g/mol. The van der Waals surface area contributed by atoms with Crippen molar-refractivity contribution in [2.24, 2.45) is 5.41 Å². The van der Waals surface area contributed by atoms with Gasteiger partial charge in [-0.2, -0.15) is 0 Å². The van der Waals surface area contributed by atoms with Gasteiger partial charge in [0.1, 0.15) is 11.4 Å². The second kappa shape index (κ2) is 6.90. The lowest BCUT2D eigenvalue weighted by molar-refractivity contribution is 0.0896. The molecule has 0 fully saturated rings. The molecule has 1 N–H and O–H groups in total. The third kappa shape index (κ3) is 3.72. The van der Waals surface area contributed by atoms with E-state index in [1.54, 1.807) is 12.1 Å². The number of ketones is 1. The molecule has 0 saturated carbocycles. The number of methoxy groups -OCH3 is 2. The molecule has 3 rings (SSSR count). The molecule has 2 aromatic rings. The van der Waals surface area contributed by atoms with E-state index < -0.39 is 11.5 Å². The van der Waals surface area contributed by atoms with Gasteiger partial charge in [0.25, 0.3) is 5.91 Å². The SMILES string of the molecule is COc1ccc(C(=O)Nc2cc3c(oc2=O)CC(C)(C)CC3=O)cc1OC. The zero-order valence-electron chi connectivity index (χ0n) is 15.7. The third-order valence-corrected chi connectivity index (χ3v) is 4.50. The highest BCUT2D eigenvalue weighted by atomic mass is 16.5. The normalized spacial score (nSPS) is 15.0. The van der Waals surface area contributed by atoms with Crippen molar-refractivity contribution in [2.45, 2.75) is 26.7 Å². The van der Waals surface area contributed by atoms with E-state index in [2.05, 4.69) is 5.32 Å². The van der Waals surface area contributed by atoms with Crippen LogP contribution in [0.2, 0.25) is 0 Å². The third-order valence-electron chi connectivity index (χ3n) is 4.50. The maximum atomic E-state index is 12.5. The molecule has 0 unspecified atom stereocenters. The molecule has 0 radical (unpaired) electrons. The quantitative estimate of drug-likeness (QED) is 0.888. The minimum Gasteiger partial charge on any atom is -0.493 e. The van der Waals surface area contributed by atoms with E-state index in [0.29, 0.717) is 35.7 Å². The van der Waals surface area contributed by atoms with Crippen LogP contribution in [0.3, 0.4) is 0 Å². The lowest BCUT2D eigenvalue weighted by Gasteiger charge is -2.28. The number of carbonyl (C=O) groups excluding carboxylic acids is 2. The van der Waals surface area contributed by atoms with E-state index in [0.717, 1.165) is 0 Å². The van der Waals surface area contributed by atoms with E-state index in [4.69, 9.17) is 13.9 Å². The van der Waals surface area contributed by atoms with Gasteiger partial charge in [0.2, 0.25) is 0 Å². The van der Waals surface area contributed by atoms with Crippen LogP contribution in [-0.2, 0) is 6.42 Å². The number of Topliss-reactive ketones (excluding diaryl/α,β-unsaturated/α-hetero) is 1. The highest BCUT2D eigenvalue weighted by Gasteiger charge is 2.33. The fourth-order valence-electron chi connectivity index (χ4n) is 3.16. The summed E-state index contributed by atoms with van der Waals surface area (Å²) in [6.07, 6.45) is 0.851.